The summed E-state index contributed by atoms with van der Waals surface area (Å²) in [6.07, 6.45) is 0. The van der Waals surface area contributed by atoms with E-state index in [1.54, 1.807) is 11.8 Å². The Morgan fingerprint density at radius 3 is 2.72 bits per heavy atom. The SMILES string of the molecule is Cc1cc(SC(C)C(=O)N2CCNCC2)n(C)n1. The number of hydrogen-bond donors (Lipinski definition) is 1. The van der Waals surface area contributed by atoms with Crippen LogP contribution in [-0.2, 0) is 11.8 Å². The molecule has 6 heteroatoms. The monoisotopic (exact) mass is 268 g/mol. The van der Waals surface area contributed by atoms with Crippen LogP contribution in [0.1, 0.15) is 12.6 Å². The third-order valence-electron chi connectivity index (χ3n) is 3.03. The van der Waals surface area contributed by atoms with Crippen molar-refractivity contribution in [3.8, 4) is 0 Å². The largest absolute Gasteiger partial charge is 0.339 e. The van der Waals surface area contributed by atoms with Gasteiger partial charge in [-0.2, -0.15) is 5.10 Å². The molecule has 2 heterocycles. The Hall–Kier alpha value is -1.01. The maximum atomic E-state index is 12.3. The number of carbonyl (C=O) groups excluding carboxylic acids is 1. The van der Waals surface area contributed by atoms with Crippen LogP contribution in [-0.4, -0.2) is 52.0 Å². The van der Waals surface area contributed by atoms with E-state index in [1.165, 1.54) is 0 Å². The summed E-state index contributed by atoms with van der Waals surface area (Å²) in [6, 6.07) is 2.02. The molecule has 1 aromatic heterocycles. The molecule has 0 bridgehead atoms. The standard InChI is InChI=1S/C12H20N4OS/c1-9-8-11(15(3)14-9)18-10(2)12(17)16-6-4-13-5-7-16/h8,10,13H,4-7H2,1-3H3. The van der Waals surface area contributed by atoms with Crippen LogP contribution in [0.15, 0.2) is 11.1 Å². The second kappa shape index (κ2) is 5.75. The van der Waals surface area contributed by atoms with E-state index < -0.39 is 0 Å². The second-order valence-electron chi connectivity index (χ2n) is 4.58. The van der Waals surface area contributed by atoms with Gasteiger partial charge >= 0.3 is 0 Å². The van der Waals surface area contributed by atoms with Crippen LogP contribution < -0.4 is 5.32 Å². The molecule has 1 saturated heterocycles. The normalized spacial score (nSPS) is 17.8. The number of carbonyl (C=O) groups is 1. The summed E-state index contributed by atoms with van der Waals surface area (Å²) in [5, 5.41) is 8.54. The molecule has 1 fully saturated rings. The van der Waals surface area contributed by atoms with Crippen molar-refractivity contribution in [3.63, 3.8) is 0 Å². The van der Waals surface area contributed by atoms with Crippen molar-refractivity contribution in [3.05, 3.63) is 11.8 Å². The van der Waals surface area contributed by atoms with Gasteiger partial charge in [-0.05, 0) is 19.9 Å². The van der Waals surface area contributed by atoms with Gasteiger partial charge in [0.15, 0.2) is 0 Å². The molecule has 2 rings (SSSR count). The number of aryl methyl sites for hydroxylation is 2. The van der Waals surface area contributed by atoms with Gasteiger partial charge in [-0.3, -0.25) is 9.48 Å². The maximum absolute atomic E-state index is 12.3. The van der Waals surface area contributed by atoms with E-state index in [9.17, 15) is 4.79 Å². The summed E-state index contributed by atoms with van der Waals surface area (Å²) in [7, 11) is 1.91. The van der Waals surface area contributed by atoms with Gasteiger partial charge in [0.2, 0.25) is 5.91 Å². The number of rotatable bonds is 3. The van der Waals surface area contributed by atoms with E-state index in [2.05, 4.69) is 10.4 Å². The van der Waals surface area contributed by atoms with Crippen molar-refractivity contribution in [2.24, 2.45) is 7.05 Å². The first-order chi connectivity index (χ1) is 8.58. The van der Waals surface area contributed by atoms with Crippen LogP contribution >= 0.6 is 11.8 Å². The zero-order valence-electron chi connectivity index (χ0n) is 11.1. The second-order valence-corrected chi connectivity index (χ2v) is 5.94. The molecule has 0 spiro atoms. The fourth-order valence-electron chi connectivity index (χ4n) is 2.07. The highest BCUT2D eigenvalue weighted by atomic mass is 32.2. The third kappa shape index (κ3) is 3.05. The highest BCUT2D eigenvalue weighted by Crippen LogP contribution is 2.24. The average molecular weight is 268 g/mol. The Balaban J connectivity index is 1.96. The van der Waals surface area contributed by atoms with Crippen LogP contribution in [0.3, 0.4) is 0 Å². The Bertz CT molecular complexity index is 426. The van der Waals surface area contributed by atoms with E-state index in [4.69, 9.17) is 0 Å². The third-order valence-corrected chi connectivity index (χ3v) is 4.21. The van der Waals surface area contributed by atoms with Gasteiger partial charge in [-0.1, -0.05) is 11.8 Å². The van der Waals surface area contributed by atoms with Gasteiger partial charge in [0.25, 0.3) is 0 Å². The lowest BCUT2D eigenvalue weighted by atomic mass is 10.3. The molecule has 18 heavy (non-hydrogen) atoms. The summed E-state index contributed by atoms with van der Waals surface area (Å²) in [5.41, 5.74) is 0.988. The van der Waals surface area contributed by atoms with Gasteiger partial charge in [0, 0.05) is 33.2 Å². The Labute approximate surface area is 112 Å². The zero-order valence-corrected chi connectivity index (χ0v) is 12.0. The smallest absolute Gasteiger partial charge is 0.235 e. The minimum absolute atomic E-state index is 0.0575. The van der Waals surface area contributed by atoms with Gasteiger partial charge < -0.3 is 10.2 Å². The first-order valence-electron chi connectivity index (χ1n) is 6.24. The number of hydrogen-bond acceptors (Lipinski definition) is 4. The molecule has 0 radical (unpaired) electrons. The molecule has 1 N–H and O–H groups in total. The molecule has 100 valence electrons. The van der Waals surface area contributed by atoms with Crippen molar-refractivity contribution in [2.45, 2.75) is 24.1 Å². The van der Waals surface area contributed by atoms with E-state index in [0.29, 0.717) is 0 Å². The number of thioether (sulfide) groups is 1. The van der Waals surface area contributed by atoms with Gasteiger partial charge in [0.05, 0.1) is 16.0 Å². The minimum atomic E-state index is -0.0575. The first-order valence-corrected chi connectivity index (χ1v) is 7.12. The molecule has 1 amide bonds. The Morgan fingerprint density at radius 2 is 2.17 bits per heavy atom. The van der Waals surface area contributed by atoms with Crippen LogP contribution in [0.2, 0.25) is 0 Å². The topological polar surface area (TPSA) is 50.2 Å². The highest BCUT2D eigenvalue weighted by Gasteiger charge is 2.23. The van der Waals surface area contributed by atoms with Crippen molar-refractivity contribution < 1.29 is 4.79 Å². The highest BCUT2D eigenvalue weighted by molar-refractivity contribution is 8.00. The number of aromatic nitrogens is 2. The van der Waals surface area contributed by atoms with E-state index in [1.807, 2.05) is 36.5 Å². The zero-order chi connectivity index (χ0) is 13.1. The Morgan fingerprint density at radius 1 is 1.50 bits per heavy atom. The van der Waals surface area contributed by atoms with Gasteiger partial charge in [-0.15, -0.1) is 0 Å². The van der Waals surface area contributed by atoms with Gasteiger partial charge in [0.1, 0.15) is 0 Å². The average Bonchev–Trinajstić information content (AvgIpc) is 2.68. The fourth-order valence-corrected chi connectivity index (χ4v) is 3.12. The molecule has 0 saturated carbocycles. The van der Waals surface area contributed by atoms with E-state index in [-0.39, 0.29) is 11.2 Å². The molecule has 1 aliphatic rings. The minimum Gasteiger partial charge on any atom is -0.339 e. The molecule has 1 unspecified atom stereocenters. The molecule has 1 aromatic rings. The number of amides is 1. The van der Waals surface area contributed by atoms with Crippen LogP contribution in [0.5, 0.6) is 0 Å². The molecule has 0 aliphatic carbocycles. The predicted octanol–water partition coefficient (Wildman–Crippen LogP) is 0.641. The van der Waals surface area contributed by atoms with Crippen LogP contribution in [0.25, 0.3) is 0 Å². The lowest BCUT2D eigenvalue weighted by Crippen LogP contribution is -2.48. The maximum Gasteiger partial charge on any atom is 0.235 e. The summed E-state index contributed by atoms with van der Waals surface area (Å²) < 4.78 is 1.83. The number of nitrogens with zero attached hydrogens (tertiary/aromatic N) is 3. The number of piperazine rings is 1. The van der Waals surface area contributed by atoms with Crippen molar-refractivity contribution in [1.82, 2.24) is 20.0 Å². The summed E-state index contributed by atoms with van der Waals surface area (Å²) >= 11 is 1.58. The lowest BCUT2D eigenvalue weighted by Gasteiger charge is -2.29. The summed E-state index contributed by atoms with van der Waals surface area (Å²) in [4.78, 5) is 14.2. The quantitative estimate of drug-likeness (QED) is 0.818. The van der Waals surface area contributed by atoms with Gasteiger partial charge in [-0.25, -0.2) is 0 Å². The number of nitrogens with one attached hydrogen (secondary N) is 1. The molecule has 1 atom stereocenters. The molecule has 5 nitrogen and oxygen atoms in total. The molecular weight excluding hydrogens is 248 g/mol. The molecule has 1 aliphatic heterocycles. The van der Waals surface area contributed by atoms with Crippen molar-refractivity contribution >= 4 is 17.7 Å². The van der Waals surface area contributed by atoms with E-state index >= 15 is 0 Å². The molecule has 0 aromatic carbocycles. The fraction of sp³-hybridized carbons (Fsp3) is 0.667. The van der Waals surface area contributed by atoms with Crippen LogP contribution in [0, 0.1) is 6.92 Å². The van der Waals surface area contributed by atoms with Crippen molar-refractivity contribution in [2.75, 3.05) is 26.2 Å². The Kier molecular flexibility index (Phi) is 4.29. The predicted molar refractivity (Wildman–Crippen MR) is 72.7 cm³/mol. The van der Waals surface area contributed by atoms with E-state index in [0.717, 1.165) is 36.9 Å². The first kappa shape index (κ1) is 13.4. The van der Waals surface area contributed by atoms with Crippen molar-refractivity contribution in [1.29, 1.82) is 0 Å². The van der Waals surface area contributed by atoms with Crippen LogP contribution in [0.4, 0.5) is 0 Å². The molecular formula is C12H20N4OS. The summed E-state index contributed by atoms with van der Waals surface area (Å²) in [6.45, 7) is 7.36. The summed E-state index contributed by atoms with van der Waals surface area (Å²) in [5.74, 6) is 0.223. The lowest BCUT2D eigenvalue weighted by molar-refractivity contribution is -0.130.